The maximum atomic E-state index is 12.5. The summed E-state index contributed by atoms with van der Waals surface area (Å²) in [6, 6.07) is 12.6. The second-order valence-corrected chi connectivity index (χ2v) is 8.75. The number of carbonyl (C=O) groups is 1. The van der Waals surface area contributed by atoms with Crippen LogP contribution in [0.15, 0.2) is 42.5 Å². The third-order valence-corrected chi connectivity index (χ3v) is 5.17. The highest BCUT2D eigenvalue weighted by atomic mass is 32.2. The molecule has 0 radical (unpaired) electrons. The summed E-state index contributed by atoms with van der Waals surface area (Å²) in [7, 11) is 0.450. The molecule has 0 aliphatic heterocycles. The van der Waals surface area contributed by atoms with Crippen molar-refractivity contribution >= 4 is 54.0 Å². The maximum absolute atomic E-state index is 12.5. The zero-order valence-corrected chi connectivity index (χ0v) is 16.1. The second-order valence-electron chi connectivity index (χ2n) is 5.97. The van der Waals surface area contributed by atoms with Crippen LogP contribution in [0.3, 0.4) is 0 Å². The Bertz CT molecular complexity index is 1070. The molecular weight excluding hydrogens is 372 g/mol. The second kappa shape index (κ2) is 6.93. The van der Waals surface area contributed by atoms with E-state index in [1.165, 1.54) is 11.3 Å². The Hall–Kier alpha value is -2.65. The van der Waals surface area contributed by atoms with E-state index in [0.717, 1.165) is 16.6 Å². The highest BCUT2D eigenvalue weighted by molar-refractivity contribution is 7.92. The minimum absolute atomic E-state index is 0.216. The van der Waals surface area contributed by atoms with Crippen LogP contribution in [0.25, 0.3) is 10.2 Å². The average Bonchev–Trinajstić information content (AvgIpc) is 2.94. The summed E-state index contributed by atoms with van der Waals surface area (Å²) in [5.74, 6) is -0.216. The number of thiazole rings is 1. The van der Waals surface area contributed by atoms with Gasteiger partial charge in [-0.25, -0.2) is 13.4 Å². The van der Waals surface area contributed by atoms with E-state index in [-0.39, 0.29) is 5.91 Å². The summed E-state index contributed by atoms with van der Waals surface area (Å²) in [5, 5.41) is 3.15. The lowest BCUT2D eigenvalue weighted by atomic mass is 10.1. The van der Waals surface area contributed by atoms with Crippen molar-refractivity contribution in [1.82, 2.24) is 4.98 Å². The summed E-state index contributed by atoms with van der Waals surface area (Å²) < 4.78 is 25.8. The van der Waals surface area contributed by atoms with Crippen molar-refractivity contribution in [2.24, 2.45) is 0 Å². The molecule has 1 amide bonds. The molecule has 1 heterocycles. The Kier molecular flexibility index (Phi) is 4.84. The minimum Gasteiger partial charge on any atom is -0.378 e. The van der Waals surface area contributed by atoms with Crippen molar-refractivity contribution in [2.75, 3.05) is 35.3 Å². The fourth-order valence-corrected chi connectivity index (χ4v) is 4.07. The average molecular weight is 390 g/mol. The van der Waals surface area contributed by atoms with Gasteiger partial charge in [0.1, 0.15) is 0 Å². The van der Waals surface area contributed by atoms with Crippen LogP contribution in [-0.4, -0.2) is 39.7 Å². The van der Waals surface area contributed by atoms with E-state index in [2.05, 4.69) is 15.0 Å². The van der Waals surface area contributed by atoms with E-state index in [0.29, 0.717) is 21.9 Å². The molecule has 0 spiro atoms. The molecule has 136 valence electrons. The molecule has 0 aliphatic rings. The van der Waals surface area contributed by atoms with E-state index in [9.17, 15) is 13.2 Å². The molecule has 1 aromatic heterocycles. The molecule has 0 fully saturated rings. The normalized spacial score (nSPS) is 11.3. The SMILES string of the molecule is CN(C)c1cccc(C(=O)Nc2ccc3nc(NS(C)(=O)=O)sc3c2)c1. The molecule has 26 heavy (non-hydrogen) atoms. The number of hydrogen-bond donors (Lipinski definition) is 2. The Morgan fingerprint density at radius 2 is 1.92 bits per heavy atom. The number of nitrogens with zero attached hydrogens (tertiary/aromatic N) is 2. The van der Waals surface area contributed by atoms with E-state index in [1.807, 2.05) is 37.2 Å². The molecule has 2 aromatic carbocycles. The van der Waals surface area contributed by atoms with E-state index >= 15 is 0 Å². The maximum Gasteiger partial charge on any atom is 0.255 e. The third kappa shape index (κ3) is 4.30. The highest BCUT2D eigenvalue weighted by Crippen LogP contribution is 2.29. The molecule has 0 saturated carbocycles. The minimum atomic E-state index is -3.38. The van der Waals surface area contributed by atoms with Gasteiger partial charge in [0.2, 0.25) is 10.0 Å². The van der Waals surface area contributed by atoms with Gasteiger partial charge in [0.15, 0.2) is 5.13 Å². The predicted octanol–water partition coefficient (Wildman–Crippen LogP) is 2.99. The monoisotopic (exact) mass is 390 g/mol. The van der Waals surface area contributed by atoms with Gasteiger partial charge in [0.05, 0.1) is 16.5 Å². The molecular formula is C17H18N4O3S2. The van der Waals surface area contributed by atoms with Crippen molar-refractivity contribution in [1.29, 1.82) is 0 Å². The topological polar surface area (TPSA) is 91.4 Å². The highest BCUT2D eigenvalue weighted by Gasteiger charge is 2.11. The van der Waals surface area contributed by atoms with Crippen LogP contribution in [0.1, 0.15) is 10.4 Å². The lowest BCUT2D eigenvalue weighted by Crippen LogP contribution is -2.14. The van der Waals surface area contributed by atoms with Gasteiger partial charge in [0, 0.05) is 31.0 Å². The Morgan fingerprint density at radius 1 is 1.15 bits per heavy atom. The lowest BCUT2D eigenvalue weighted by Gasteiger charge is -2.13. The third-order valence-electron chi connectivity index (χ3n) is 3.54. The Labute approximate surface area is 155 Å². The first-order valence-corrected chi connectivity index (χ1v) is 10.4. The fraction of sp³-hybridized carbons (Fsp3) is 0.176. The van der Waals surface area contributed by atoms with Gasteiger partial charge in [-0.2, -0.15) is 0 Å². The molecule has 0 atom stereocenters. The largest absolute Gasteiger partial charge is 0.378 e. The smallest absolute Gasteiger partial charge is 0.255 e. The quantitative estimate of drug-likeness (QED) is 0.699. The van der Waals surface area contributed by atoms with E-state index < -0.39 is 10.0 Å². The van der Waals surface area contributed by atoms with Gasteiger partial charge in [0.25, 0.3) is 5.91 Å². The summed E-state index contributed by atoms with van der Waals surface area (Å²) in [6.07, 6.45) is 1.08. The number of nitrogens with one attached hydrogen (secondary N) is 2. The van der Waals surface area contributed by atoms with Crippen LogP contribution in [0, 0.1) is 0 Å². The van der Waals surface area contributed by atoms with Crippen molar-refractivity contribution in [2.45, 2.75) is 0 Å². The molecule has 0 aliphatic carbocycles. The number of benzene rings is 2. The van der Waals surface area contributed by atoms with Crippen molar-refractivity contribution in [3.63, 3.8) is 0 Å². The number of hydrogen-bond acceptors (Lipinski definition) is 6. The van der Waals surface area contributed by atoms with Crippen LogP contribution in [0.2, 0.25) is 0 Å². The molecule has 0 unspecified atom stereocenters. The standard InChI is InChI=1S/C17H18N4O3S2/c1-21(2)13-6-4-5-11(9-13)16(22)18-12-7-8-14-15(10-12)25-17(19-14)20-26(3,23)24/h4-10H,1-3H3,(H,18,22)(H,19,20). The summed E-state index contributed by atoms with van der Waals surface area (Å²) in [4.78, 5) is 18.6. The Morgan fingerprint density at radius 3 is 2.62 bits per heavy atom. The summed E-state index contributed by atoms with van der Waals surface area (Å²) >= 11 is 1.21. The first-order chi connectivity index (χ1) is 12.2. The van der Waals surface area contributed by atoms with E-state index in [1.54, 1.807) is 24.3 Å². The van der Waals surface area contributed by atoms with Gasteiger partial charge in [-0.1, -0.05) is 17.4 Å². The number of carbonyl (C=O) groups excluding carboxylic acids is 1. The summed E-state index contributed by atoms with van der Waals surface area (Å²) in [6.45, 7) is 0. The number of anilines is 3. The van der Waals surface area contributed by atoms with Crippen LogP contribution in [-0.2, 0) is 10.0 Å². The number of amides is 1. The Balaban J connectivity index is 1.82. The molecule has 3 aromatic rings. The zero-order chi connectivity index (χ0) is 18.9. The first-order valence-electron chi connectivity index (χ1n) is 7.68. The van der Waals surface area contributed by atoms with Crippen molar-refractivity contribution in [3.05, 3.63) is 48.0 Å². The van der Waals surface area contributed by atoms with E-state index in [4.69, 9.17) is 0 Å². The van der Waals surface area contributed by atoms with Crippen LogP contribution in [0.5, 0.6) is 0 Å². The van der Waals surface area contributed by atoms with Gasteiger partial charge in [-0.05, 0) is 36.4 Å². The first kappa shape index (κ1) is 18.2. The lowest BCUT2D eigenvalue weighted by molar-refractivity contribution is 0.102. The zero-order valence-electron chi connectivity index (χ0n) is 14.5. The predicted molar refractivity (Wildman–Crippen MR) is 107 cm³/mol. The van der Waals surface area contributed by atoms with Crippen LogP contribution in [0.4, 0.5) is 16.5 Å². The van der Waals surface area contributed by atoms with Gasteiger partial charge in [-0.3, -0.25) is 9.52 Å². The van der Waals surface area contributed by atoms with Gasteiger partial charge < -0.3 is 10.2 Å². The molecule has 7 nitrogen and oxygen atoms in total. The summed E-state index contributed by atoms with van der Waals surface area (Å²) in [5.41, 5.74) is 2.77. The van der Waals surface area contributed by atoms with Crippen molar-refractivity contribution in [3.8, 4) is 0 Å². The van der Waals surface area contributed by atoms with Crippen molar-refractivity contribution < 1.29 is 13.2 Å². The van der Waals surface area contributed by atoms with Crippen LogP contribution >= 0.6 is 11.3 Å². The number of sulfonamides is 1. The molecule has 0 saturated heterocycles. The molecule has 9 heteroatoms. The number of rotatable bonds is 5. The number of aromatic nitrogens is 1. The van der Waals surface area contributed by atoms with Gasteiger partial charge >= 0.3 is 0 Å². The molecule has 0 bridgehead atoms. The fourth-order valence-electron chi connectivity index (χ4n) is 2.33. The molecule has 2 N–H and O–H groups in total. The van der Waals surface area contributed by atoms with Gasteiger partial charge in [-0.15, -0.1) is 0 Å². The molecule has 3 rings (SSSR count). The van der Waals surface area contributed by atoms with Crippen LogP contribution < -0.4 is 14.9 Å². The number of fused-ring (bicyclic) bond motifs is 1.